The van der Waals surface area contributed by atoms with Gasteiger partial charge in [0.15, 0.2) is 22.3 Å². The van der Waals surface area contributed by atoms with Crippen LogP contribution in [0.4, 0.5) is 5.13 Å². The summed E-state index contributed by atoms with van der Waals surface area (Å²) in [6.45, 7) is 1.80. The number of carboxylic acid groups (broad SMARTS) is 2. The van der Waals surface area contributed by atoms with E-state index >= 15 is 0 Å². The number of carbonyl (C=O) groups is 5. The molecule has 4 heterocycles. The predicted octanol–water partition coefficient (Wildman–Crippen LogP) is -1.05. The van der Waals surface area contributed by atoms with Crippen molar-refractivity contribution in [3.8, 4) is 11.5 Å². The second kappa shape index (κ2) is 11.8. The molecule has 1 aromatic carbocycles. The summed E-state index contributed by atoms with van der Waals surface area (Å²) in [5, 5.41) is 48.7. The third kappa shape index (κ3) is 5.65. The average Bonchev–Trinajstić information content (AvgIpc) is 3.70. The molecule has 3 aromatic rings. The zero-order valence-electron chi connectivity index (χ0n) is 23.8. The third-order valence-corrected chi connectivity index (χ3v) is 9.59. The molecule has 2 aliphatic rings. The van der Waals surface area contributed by atoms with E-state index in [0.717, 1.165) is 34.7 Å². The molecule has 3 amide bonds. The summed E-state index contributed by atoms with van der Waals surface area (Å²) >= 11 is 7.46. The number of amides is 3. The molecule has 0 bridgehead atoms. The number of aromatic hydroxyl groups is 2. The number of halogens is 1. The number of thiazole rings is 1. The van der Waals surface area contributed by atoms with Gasteiger partial charge in [-0.3, -0.25) is 19.8 Å². The molecule has 2 aliphatic heterocycles. The number of hydrogen-bond donors (Lipinski definition) is 7. The molecule has 23 heteroatoms. The van der Waals surface area contributed by atoms with Crippen LogP contribution in [0.25, 0.3) is 0 Å². The fraction of sp³-hybridized carbons (Fsp3) is 0.292. The highest BCUT2D eigenvalue weighted by atomic mass is 35.5. The van der Waals surface area contributed by atoms with E-state index in [1.165, 1.54) is 19.2 Å². The van der Waals surface area contributed by atoms with Crippen molar-refractivity contribution in [1.82, 2.24) is 29.7 Å². The number of benzene rings is 1. The minimum Gasteiger partial charge on any atom is -0.504 e. The number of fused-ring (bicyclic) bond motifs is 1. The van der Waals surface area contributed by atoms with E-state index in [2.05, 4.69) is 26.0 Å². The lowest BCUT2D eigenvalue weighted by molar-refractivity contribution is -0.161. The first-order valence-electron chi connectivity index (χ1n) is 12.9. The number of anilines is 1. The number of thioether (sulfide) groups is 1. The van der Waals surface area contributed by atoms with E-state index in [9.17, 15) is 49.2 Å². The summed E-state index contributed by atoms with van der Waals surface area (Å²) in [6, 6.07) is 0.722. The molecule has 0 radical (unpaired) electrons. The average molecular weight is 712 g/mol. The van der Waals surface area contributed by atoms with Crippen molar-refractivity contribution >= 4 is 75.2 Å². The predicted molar refractivity (Wildman–Crippen MR) is 161 cm³/mol. The highest BCUT2D eigenvalue weighted by Gasteiger charge is 2.64. The normalized spacial score (nSPS) is 20.7. The first-order chi connectivity index (χ1) is 22.0. The lowest BCUT2D eigenvalue weighted by Crippen LogP contribution is -2.68. The number of nitrogens with two attached hydrogens (primary N) is 1. The van der Waals surface area contributed by atoms with Crippen molar-refractivity contribution in [3.05, 3.63) is 50.6 Å². The molecule has 20 nitrogen and oxygen atoms in total. The molecule has 248 valence electrons. The number of nitrogens with one attached hydrogen (secondary N) is 2. The second-order valence-electron chi connectivity index (χ2n) is 10.4. The second-order valence-corrected chi connectivity index (χ2v) is 13.0. The number of phenols is 2. The zero-order valence-corrected chi connectivity index (χ0v) is 26.2. The van der Waals surface area contributed by atoms with Gasteiger partial charge in [0.05, 0.1) is 17.1 Å². The number of aliphatic carboxylic acids is 2. The van der Waals surface area contributed by atoms with Crippen molar-refractivity contribution < 1.29 is 49.2 Å². The van der Waals surface area contributed by atoms with Crippen LogP contribution in [0.5, 0.6) is 11.5 Å². The lowest BCUT2D eigenvalue weighted by atomic mass is 10.1. The van der Waals surface area contributed by atoms with Crippen LogP contribution in [-0.4, -0.2) is 104 Å². The fourth-order valence-corrected chi connectivity index (χ4v) is 6.65. The Morgan fingerprint density at radius 2 is 1.91 bits per heavy atom. The molecular formula is C24H22ClN9O11S2. The van der Waals surface area contributed by atoms with E-state index in [-0.39, 0.29) is 16.4 Å². The number of carboxylic acids is 2. The standard InChI is InChI=1S/C24H22ClN9O11S2/c1-23(2,19(40)41)45-31-12(9-5-46-21(26)28-9)16(38)29-13-17(39)32-6-24(20(42)43,47-18(13)32)34-22(44)33(7-27-34)30-15(37)8-3-4-10(35)14(36)11(8)25/h3-5,7,13,18,35-36H,6H2,1-2H3,(H2,26,28)(H,29,38)(H,30,37)(H,40,41)(H,42,43)/b31-12-/t13?,18-,24-/m1/s1. The maximum Gasteiger partial charge on any atom is 0.366 e. The molecule has 8 N–H and O–H groups in total. The summed E-state index contributed by atoms with van der Waals surface area (Å²) in [7, 11) is 0. The van der Waals surface area contributed by atoms with Gasteiger partial charge >= 0.3 is 17.6 Å². The van der Waals surface area contributed by atoms with Gasteiger partial charge in [0.2, 0.25) is 16.4 Å². The highest BCUT2D eigenvalue weighted by molar-refractivity contribution is 8.01. The van der Waals surface area contributed by atoms with E-state index < -0.39 is 86.0 Å². The molecule has 5 rings (SSSR count). The molecule has 3 atom stereocenters. The molecule has 2 aromatic heterocycles. The van der Waals surface area contributed by atoms with Crippen LogP contribution in [-0.2, 0) is 28.9 Å². The van der Waals surface area contributed by atoms with E-state index in [0.29, 0.717) is 21.1 Å². The van der Waals surface area contributed by atoms with Crippen molar-refractivity contribution in [2.75, 3.05) is 17.7 Å². The number of nitrogen functional groups attached to an aromatic ring is 1. The maximum atomic E-state index is 13.3. The molecule has 1 unspecified atom stereocenters. The first kappa shape index (κ1) is 33.0. The third-order valence-electron chi connectivity index (χ3n) is 6.90. The quantitative estimate of drug-likeness (QED) is 0.0571. The summed E-state index contributed by atoms with van der Waals surface area (Å²) in [6.07, 6.45) is 0.803. The van der Waals surface area contributed by atoms with Crippen molar-refractivity contribution in [2.24, 2.45) is 5.16 Å². The Hall–Kier alpha value is -5.35. The van der Waals surface area contributed by atoms with Gasteiger partial charge in [0.1, 0.15) is 23.4 Å². The fourth-order valence-electron chi connectivity index (χ4n) is 4.29. The van der Waals surface area contributed by atoms with Gasteiger partial charge in [-0.15, -0.1) is 11.3 Å². The van der Waals surface area contributed by atoms with Crippen LogP contribution in [0.2, 0.25) is 5.02 Å². The Morgan fingerprint density at radius 1 is 1.21 bits per heavy atom. The molecule has 2 fully saturated rings. The van der Waals surface area contributed by atoms with Crippen molar-refractivity contribution in [3.63, 3.8) is 0 Å². The van der Waals surface area contributed by atoms with Crippen LogP contribution in [0.3, 0.4) is 0 Å². The Morgan fingerprint density at radius 3 is 2.53 bits per heavy atom. The maximum absolute atomic E-state index is 13.3. The number of nitrogens with zero attached hydrogens (tertiary/aromatic N) is 6. The molecule has 2 saturated heterocycles. The van der Waals surface area contributed by atoms with Gasteiger partial charge in [0.25, 0.3) is 11.8 Å². The van der Waals surface area contributed by atoms with Crippen LogP contribution < -0.4 is 22.2 Å². The number of phenolic OH excluding ortho intramolecular Hbond substituents is 2. The Kier molecular flexibility index (Phi) is 8.28. The lowest BCUT2D eigenvalue weighted by Gasteiger charge is -2.41. The Labute approximate surface area is 274 Å². The van der Waals surface area contributed by atoms with Crippen LogP contribution >= 0.6 is 34.7 Å². The monoisotopic (exact) mass is 711 g/mol. The summed E-state index contributed by atoms with van der Waals surface area (Å²) in [5.41, 5.74) is 3.87. The van der Waals surface area contributed by atoms with Gasteiger partial charge in [-0.2, -0.15) is 14.5 Å². The van der Waals surface area contributed by atoms with E-state index in [1.807, 2.05) is 0 Å². The van der Waals surface area contributed by atoms with E-state index in [4.69, 9.17) is 22.2 Å². The number of oxime groups is 1. The van der Waals surface area contributed by atoms with Crippen LogP contribution in [0, 0.1) is 0 Å². The van der Waals surface area contributed by atoms with Gasteiger partial charge in [0, 0.05) is 5.38 Å². The summed E-state index contributed by atoms with van der Waals surface area (Å²) in [5.74, 6) is -7.11. The molecular weight excluding hydrogens is 690 g/mol. The highest BCUT2D eigenvalue weighted by Crippen LogP contribution is 2.49. The van der Waals surface area contributed by atoms with E-state index in [1.54, 1.807) is 0 Å². The molecule has 0 spiro atoms. The molecule has 47 heavy (non-hydrogen) atoms. The van der Waals surface area contributed by atoms with Crippen molar-refractivity contribution in [1.29, 1.82) is 0 Å². The number of rotatable bonds is 10. The van der Waals surface area contributed by atoms with Gasteiger partial charge < -0.3 is 41.2 Å². The number of β-lactam (4-membered cyclic amide) rings is 1. The smallest absolute Gasteiger partial charge is 0.366 e. The SMILES string of the molecule is CC(C)(O/N=C(\C(=O)NC1C(=O)N2C[C@@](C(=O)O)(n3ncn(NC(=O)c4ccc(O)c(O)c4Cl)c3=O)S[C@H]12)c1csc(N)n1)C(=O)O. The first-order valence-corrected chi connectivity index (χ1v) is 15.0. The van der Waals surface area contributed by atoms with Gasteiger partial charge in [-0.05, 0) is 26.0 Å². The molecule has 0 aliphatic carbocycles. The van der Waals surface area contributed by atoms with Gasteiger partial charge in [-0.1, -0.05) is 28.5 Å². The Balaban J connectivity index is 1.37. The number of hydrogen-bond acceptors (Lipinski definition) is 15. The number of carbonyl (C=O) groups excluding carboxylic acids is 3. The topological polar surface area (TPSA) is 294 Å². The largest absolute Gasteiger partial charge is 0.504 e. The van der Waals surface area contributed by atoms with Crippen molar-refractivity contribution in [2.45, 2.75) is 35.7 Å². The minimum atomic E-state index is -2.21. The zero-order chi connectivity index (χ0) is 34.6. The molecule has 0 saturated carbocycles. The summed E-state index contributed by atoms with van der Waals surface area (Å²) < 4.78 is 1.08. The van der Waals surface area contributed by atoms with Crippen LogP contribution in [0.1, 0.15) is 29.9 Å². The number of aromatic nitrogens is 4. The summed E-state index contributed by atoms with van der Waals surface area (Å²) in [4.78, 5) is 84.3. The van der Waals surface area contributed by atoms with Crippen LogP contribution in [0.15, 0.2) is 33.8 Å². The van der Waals surface area contributed by atoms with Gasteiger partial charge in [-0.25, -0.2) is 19.4 Å². The minimum absolute atomic E-state index is 0.0480. The Bertz CT molecular complexity index is 1940.